The second-order valence-corrected chi connectivity index (χ2v) is 5.25. The highest BCUT2D eigenvalue weighted by Crippen LogP contribution is 2.25. The zero-order chi connectivity index (χ0) is 16.1. The molecular weight excluding hydrogens is 279 g/mol. The molecule has 0 spiro atoms. The van der Waals surface area contributed by atoms with Crippen LogP contribution in [-0.4, -0.2) is 37.3 Å². The summed E-state index contributed by atoms with van der Waals surface area (Å²) in [5.41, 5.74) is -0.514. The summed E-state index contributed by atoms with van der Waals surface area (Å²) in [4.78, 5) is 1.26. The van der Waals surface area contributed by atoms with E-state index < -0.39 is 18.3 Å². The first-order chi connectivity index (χ1) is 9.74. The standard InChI is InChI=1S/C15H20F3N3/c1-12(2)21(11-15(16,17)18)10-14(9-19,20-3)13-7-5-4-6-8-13/h4-8,12,20H,10-11H2,1-3H3. The van der Waals surface area contributed by atoms with Crippen LogP contribution in [0.15, 0.2) is 30.3 Å². The molecule has 1 aromatic rings. The lowest BCUT2D eigenvalue weighted by molar-refractivity contribution is -0.151. The van der Waals surface area contributed by atoms with Crippen molar-refractivity contribution in [2.75, 3.05) is 20.1 Å². The molecule has 0 saturated carbocycles. The van der Waals surface area contributed by atoms with Gasteiger partial charge in [0.2, 0.25) is 0 Å². The van der Waals surface area contributed by atoms with E-state index in [-0.39, 0.29) is 12.6 Å². The van der Waals surface area contributed by atoms with Gasteiger partial charge in [0.05, 0.1) is 12.6 Å². The Balaban J connectivity index is 3.09. The van der Waals surface area contributed by atoms with Crippen LogP contribution >= 0.6 is 0 Å². The maximum atomic E-state index is 12.7. The number of nitrogens with one attached hydrogen (secondary N) is 1. The zero-order valence-corrected chi connectivity index (χ0v) is 12.4. The lowest BCUT2D eigenvalue weighted by atomic mass is 9.90. The second kappa shape index (κ2) is 6.92. The van der Waals surface area contributed by atoms with Crippen molar-refractivity contribution in [2.24, 2.45) is 0 Å². The van der Waals surface area contributed by atoms with E-state index in [1.165, 1.54) is 4.90 Å². The quantitative estimate of drug-likeness (QED) is 0.878. The van der Waals surface area contributed by atoms with Crippen molar-refractivity contribution in [3.63, 3.8) is 0 Å². The van der Waals surface area contributed by atoms with Gasteiger partial charge in [0, 0.05) is 12.6 Å². The predicted octanol–water partition coefficient (Wildman–Crippen LogP) is 2.90. The van der Waals surface area contributed by atoms with Crippen molar-refractivity contribution in [3.8, 4) is 6.07 Å². The number of benzene rings is 1. The Kier molecular flexibility index (Phi) is 5.76. The largest absolute Gasteiger partial charge is 0.401 e. The summed E-state index contributed by atoms with van der Waals surface area (Å²) in [7, 11) is 1.59. The third-order valence-corrected chi connectivity index (χ3v) is 3.44. The lowest BCUT2D eigenvalue weighted by Gasteiger charge is -2.36. The van der Waals surface area contributed by atoms with Crippen molar-refractivity contribution in [3.05, 3.63) is 35.9 Å². The van der Waals surface area contributed by atoms with E-state index in [4.69, 9.17) is 0 Å². The van der Waals surface area contributed by atoms with Crippen molar-refractivity contribution in [1.82, 2.24) is 10.2 Å². The van der Waals surface area contributed by atoms with Gasteiger partial charge in [0.1, 0.15) is 5.54 Å². The summed E-state index contributed by atoms with van der Waals surface area (Å²) in [5, 5.41) is 12.4. The highest BCUT2D eigenvalue weighted by molar-refractivity contribution is 5.32. The SMILES string of the molecule is CNC(C#N)(CN(CC(F)(F)F)C(C)C)c1ccccc1. The van der Waals surface area contributed by atoms with Gasteiger partial charge in [-0.1, -0.05) is 30.3 Å². The van der Waals surface area contributed by atoms with Gasteiger partial charge in [-0.25, -0.2) is 0 Å². The fourth-order valence-electron chi connectivity index (χ4n) is 2.15. The molecule has 0 aliphatic carbocycles. The Labute approximate surface area is 123 Å². The van der Waals surface area contributed by atoms with Crippen LogP contribution in [0.4, 0.5) is 13.2 Å². The van der Waals surface area contributed by atoms with E-state index in [1.54, 1.807) is 51.2 Å². The van der Waals surface area contributed by atoms with E-state index in [9.17, 15) is 18.4 Å². The van der Waals surface area contributed by atoms with Gasteiger partial charge < -0.3 is 0 Å². The average Bonchev–Trinajstić information content (AvgIpc) is 2.43. The molecule has 3 nitrogen and oxygen atoms in total. The number of nitriles is 1. The minimum absolute atomic E-state index is 0.0405. The number of likely N-dealkylation sites (N-methyl/N-ethyl adjacent to an activating group) is 1. The third-order valence-electron chi connectivity index (χ3n) is 3.44. The van der Waals surface area contributed by atoms with E-state index >= 15 is 0 Å². The molecule has 0 saturated heterocycles. The Morgan fingerprint density at radius 3 is 2.14 bits per heavy atom. The monoisotopic (exact) mass is 299 g/mol. The molecule has 1 rings (SSSR count). The van der Waals surface area contributed by atoms with Crippen LogP contribution in [0.5, 0.6) is 0 Å². The highest BCUT2D eigenvalue weighted by atomic mass is 19.4. The Bertz CT molecular complexity index is 479. The molecule has 0 fully saturated rings. The van der Waals surface area contributed by atoms with E-state index in [0.29, 0.717) is 5.56 Å². The summed E-state index contributed by atoms with van der Waals surface area (Å²) in [6, 6.07) is 10.6. The molecule has 0 aliphatic rings. The van der Waals surface area contributed by atoms with Crippen molar-refractivity contribution in [1.29, 1.82) is 5.26 Å². The minimum Gasteiger partial charge on any atom is -0.298 e. The fraction of sp³-hybridized carbons (Fsp3) is 0.533. The Hall–Kier alpha value is -1.58. The number of rotatable bonds is 6. The molecule has 116 valence electrons. The predicted molar refractivity (Wildman–Crippen MR) is 75.6 cm³/mol. The summed E-state index contributed by atoms with van der Waals surface area (Å²) < 4.78 is 38.1. The van der Waals surface area contributed by atoms with Gasteiger partial charge in [-0.15, -0.1) is 0 Å². The topological polar surface area (TPSA) is 39.1 Å². The smallest absolute Gasteiger partial charge is 0.298 e. The van der Waals surface area contributed by atoms with Gasteiger partial charge in [0.25, 0.3) is 0 Å². The lowest BCUT2D eigenvalue weighted by Crippen LogP contribution is -2.52. The van der Waals surface area contributed by atoms with Gasteiger partial charge in [0.15, 0.2) is 0 Å². The van der Waals surface area contributed by atoms with Crippen LogP contribution in [0.2, 0.25) is 0 Å². The summed E-state index contributed by atoms with van der Waals surface area (Å²) in [5.74, 6) is 0. The molecule has 21 heavy (non-hydrogen) atoms. The van der Waals surface area contributed by atoms with Crippen LogP contribution in [-0.2, 0) is 5.54 Å². The molecule has 0 radical (unpaired) electrons. The number of nitrogens with zero attached hydrogens (tertiary/aromatic N) is 2. The molecule has 1 N–H and O–H groups in total. The molecular formula is C15H20F3N3. The normalized spacial score (nSPS) is 15.0. The van der Waals surface area contributed by atoms with Gasteiger partial charge in [-0.05, 0) is 26.5 Å². The maximum Gasteiger partial charge on any atom is 0.401 e. The summed E-state index contributed by atoms with van der Waals surface area (Å²) in [6.07, 6.45) is -4.30. The van der Waals surface area contributed by atoms with Crippen LogP contribution in [0.25, 0.3) is 0 Å². The number of hydrogen-bond acceptors (Lipinski definition) is 3. The van der Waals surface area contributed by atoms with Gasteiger partial charge in [-0.3, -0.25) is 10.2 Å². The van der Waals surface area contributed by atoms with Crippen LogP contribution in [0.3, 0.4) is 0 Å². The van der Waals surface area contributed by atoms with E-state index in [0.717, 1.165) is 0 Å². The first-order valence-corrected chi connectivity index (χ1v) is 6.70. The molecule has 0 bridgehead atoms. The summed E-state index contributed by atoms with van der Waals surface area (Å²) >= 11 is 0. The zero-order valence-electron chi connectivity index (χ0n) is 12.4. The Morgan fingerprint density at radius 1 is 1.19 bits per heavy atom. The first kappa shape index (κ1) is 17.5. The molecule has 0 aromatic heterocycles. The number of hydrogen-bond donors (Lipinski definition) is 1. The van der Waals surface area contributed by atoms with Gasteiger partial charge >= 0.3 is 6.18 Å². The third kappa shape index (κ3) is 4.73. The molecule has 1 atom stereocenters. The van der Waals surface area contributed by atoms with Crippen LogP contribution in [0.1, 0.15) is 19.4 Å². The van der Waals surface area contributed by atoms with Crippen molar-refractivity contribution in [2.45, 2.75) is 31.6 Å². The highest BCUT2D eigenvalue weighted by Gasteiger charge is 2.38. The molecule has 0 aliphatic heterocycles. The number of alkyl halides is 3. The molecule has 1 aromatic carbocycles. The Morgan fingerprint density at radius 2 is 1.76 bits per heavy atom. The van der Waals surface area contributed by atoms with Crippen molar-refractivity contribution >= 4 is 0 Å². The van der Waals surface area contributed by atoms with E-state index in [1.807, 2.05) is 0 Å². The van der Waals surface area contributed by atoms with E-state index in [2.05, 4.69) is 11.4 Å². The minimum atomic E-state index is -4.30. The second-order valence-electron chi connectivity index (χ2n) is 5.25. The van der Waals surface area contributed by atoms with Crippen LogP contribution < -0.4 is 5.32 Å². The summed E-state index contributed by atoms with van der Waals surface area (Å²) in [6.45, 7) is 2.30. The molecule has 0 amide bonds. The fourth-order valence-corrected chi connectivity index (χ4v) is 2.15. The molecule has 1 unspecified atom stereocenters. The van der Waals surface area contributed by atoms with Crippen molar-refractivity contribution < 1.29 is 13.2 Å². The first-order valence-electron chi connectivity index (χ1n) is 6.70. The van der Waals surface area contributed by atoms with Gasteiger partial charge in [-0.2, -0.15) is 18.4 Å². The molecule has 6 heteroatoms. The van der Waals surface area contributed by atoms with Crippen LogP contribution in [0, 0.1) is 11.3 Å². The number of halogens is 3. The average molecular weight is 299 g/mol. The molecule has 0 heterocycles. The maximum absolute atomic E-state index is 12.7.